The molecule has 2 aromatic rings. The molecule has 102 valence electrons. The molecule has 0 fully saturated rings. The van der Waals surface area contributed by atoms with E-state index in [4.69, 9.17) is 9.47 Å². The minimum Gasteiger partial charge on any atom is -0.475 e. The average molecular weight is 279 g/mol. The van der Waals surface area contributed by atoms with Crippen LogP contribution in [0, 0.1) is 6.92 Å². The summed E-state index contributed by atoms with van der Waals surface area (Å²) in [6, 6.07) is 3.79. The fourth-order valence-corrected chi connectivity index (χ4v) is 2.19. The third kappa shape index (κ3) is 4.18. The molecule has 19 heavy (non-hydrogen) atoms. The van der Waals surface area contributed by atoms with Gasteiger partial charge in [-0.15, -0.1) is 11.3 Å². The van der Waals surface area contributed by atoms with Crippen LogP contribution in [0.15, 0.2) is 23.8 Å². The van der Waals surface area contributed by atoms with Crippen LogP contribution < -0.4 is 10.1 Å². The summed E-state index contributed by atoms with van der Waals surface area (Å²) in [5.74, 6) is 0.608. The van der Waals surface area contributed by atoms with Crippen molar-refractivity contribution in [3.8, 4) is 5.88 Å². The van der Waals surface area contributed by atoms with Gasteiger partial charge in [-0.3, -0.25) is 0 Å². The van der Waals surface area contributed by atoms with Crippen LogP contribution in [0.1, 0.15) is 10.6 Å². The predicted octanol–water partition coefficient (Wildman–Crippen LogP) is 2.48. The number of hydrogen-bond acceptors (Lipinski definition) is 6. The molecule has 0 aliphatic heterocycles. The highest BCUT2D eigenvalue weighted by atomic mass is 32.1. The molecule has 0 saturated carbocycles. The molecule has 6 heteroatoms. The minimum absolute atomic E-state index is 0.510. The smallest absolute Gasteiger partial charge is 0.213 e. The van der Waals surface area contributed by atoms with E-state index >= 15 is 0 Å². The maximum absolute atomic E-state index is 5.40. The third-order valence-corrected chi connectivity index (χ3v) is 3.51. The summed E-state index contributed by atoms with van der Waals surface area (Å²) in [5.41, 5.74) is 3.90. The lowest BCUT2D eigenvalue weighted by atomic mass is 10.3. The number of nitrogens with zero attached hydrogens (tertiary/aromatic N) is 2. The van der Waals surface area contributed by atoms with Crippen molar-refractivity contribution < 1.29 is 9.47 Å². The Kier molecular flexibility index (Phi) is 5.11. The van der Waals surface area contributed by atoms with E-state index in [-0.39, 0.29) is 0 Å². The summed E-state index contributed by atoms with van der Waals surface area (Å²) in [6.45, 7) is 3.85. The van der Waals surface area contributed by atoms with Crippen LogP contribution in [-0.4, -0.2) is 30.3 Å². The molecule has 0 radical (unpaired) electrons. The summed E-state index contributed by atoms with van der Waals surface area (Å²) in [7, 11) is 1.64. The van der Waals surface area contributed by atoms with Crippen molar-refractivity contribution in [1.29, 1.82) is 0 Å². The molecule has 0 spiro atoms. The molecule has 0 aromatic carbocycles. The first-order valence-electron chi connectivity index (χ1n) is 6.00. The van der Waals surface area contributed by atoms with Crippen molar-refractivity contribution in [2.24, 2.45) is 0 Å². The molecule has 0 bridgehead atoms. The van der Waals surface area contributed by atoms with Crippen molar-refractivity contribution in [1.82, 2.24) is 9.97 Å². The molecule has 0 aliphatic rings. The van der Waals surface area contributed by atoms with Crippen LogP contribution in [0.3, 0.4) is 0 Å². The SMILES string of the molecule is COCCOc1ccc(NCc2scnc2C)cn1. The van der Waals surface area contributed by atoms with Crippen LogP contribution >= 0.6 is 11.3 Å². The summed E-state index contributed by atoms with van der Waals surface area (Å²) < 4.78 is 10.3. The fraction of sp³-hybridized carbons (Fsp3) is 0.385. The second kappa shape index (κ2) is 7.06. The van der Waals surface area contributed by atoms with Crippen LogP contribution in [0.2, 0.25) is 0 Å². The average Bonchev–Trinajstić information content (AvgIpc) is 2.84. The Morgan fingerprint density at radius 1 is 1.26 bits per heavy atom. The van der Waals surface area contributed by atoms with Crippen LogP contribution in [0.5, 0.6) is 5.88 Å². The van der Waals surface area contributed by atoms with Crippen LogP contribution in [0.4, 0.5) is 5.69 Å². The zero-order chi connectivity index (χ0) is 13.5. The predicted molar refractivity (Wildman–Crippen MR) is 75.8 cm³/mol. The number of anilines is 1. The monoisotopic (exact) mass is 279 g/mol. The van der Waals surface area contributed by atoms with E-state index in [9.17, 15) is 0 Å². The van der Waals surface area contributed by atoms with Gasteiger partial charge >= 0.3 is 0 Å². The van der Waals surface area contributed by atoms with E-state index in [1.807, 2.05) is 24.6 Å². The topological polar surface area (TPSA) is 56.3 Å². The summed E-state index contributed by atoms with van der Waals surface area (Å²) >= 11 is 1.65. The number of nitrogens with one attached hydrogen (secondary N) is 1. The van der Waals surface area contributed by atoms with E-state index in [1.165, 1.54) is 4.88 Å². The Balaban J connectivity index is 1.83. The Hall–Kier alpha value is -1.66. The summed E-state index contributed by atoms with van der Waals surface area (Å²) in [6.07, 6.45) is 1.76. The molecule has 0 unspecified atom stereocenters. The number of thiazole rings is 1. The van der Waals surface area contributed by atoms with Gasteiger partial charge in [-0.1, -0.05) is 0 Å². The van der Waals surface area contributed by atoms with Crippen molar-refractivity contribution >= 4 is 17.0 Å². The summed E-state index contributed by atoms with van der Waals surface area (Å²) in [4.78, 5) is 9.67. The quantitative estimate of drug-likeness (QED) is 0.789. The molecule has 0 atom stereocenters. The molecule has 2 rings (SSSR count). The lowest BCUT2D eigenvalue weighted by molar-refractivity contribution is 0.144. The number of aryl methyl sites for hydroxylation is 1. The molecule has 0 aliphatic carbocycles. The normalized spacial score (nSPS) is 10.4. The van der Waals surface area contributed by atoms with Crippen molar-refractivity contribution in [2.45, 2.75) is 13.5 Å². The van der Waals surface area contributed by atoms with E-state index < -0.39 is 0 Å². The molecule has 5 nitrogen and oxygen atoms in total. The maximum atomic E-state index is 5.40. The Labute approximate surface area is 116 Å². The molecule has 0 amide bonds. The number of ether oxygens (including phenoxy) is 2. The molecular formula is C13H17N3O2S. The zero-order valence-corrected chi connectivity index (χ0v) is 11.9. The van der Waals surface area contributed by atoms with Crippen molar-refractivity contribution in [3.05, 3.63) is 34.4 Å². The van der Waals surface area contributed by atoms with Gasteiger partial charge in [-0.25, -0.2) is 9.97 Å². The fourth-order valence-electron chi connectivity index (χ4n) is 1.48. The number of methoxy groups -OCH3 is 1. The van der Waals surface area contributed by atoms with Gasteiger partial charge in [-0.2, -0.15) is 0 Å². The second-order valence-corrected chi connectivity index (χ2v) is 4.88. The van der Waals surface area contributed by atoms with Gasteiger partial charge in [0.25, 0.3) is 0 Å². The second-order valence-electron chi connectivity index (χ2n) is 3.94. The third-order valence-electron chi connectivity index (χ3n) is 2.57. The van der Waals surface area contributed by atoms with E-state index in [0.29, 0.717) is 19.1 Å². The molecule has 2 heterocycles. The minimum atomic E-state index is 0.510. The van der Waals surface area contributed by atoms with Crippen molar-refractivity contribution in [3.63, 3.8) is 0 Å². The van der Waals surface area contributed by atoms with Gasteiger partial charge < -0.3 is 14.8 Å². The number of pyridine rings is 1. The standard InChI is InChI=1S/C13H17N3O2S/c1-10-12(19-9-16-10)8-14-11-3-4-13(15-7-11)18-6-5-17-2/h3-4,7,9,14H,5-6,8H2,1-2H3. The van der Waals surface area contributed by atoms with E-state index in [2.05, 4.69) is 15.3 Å². The van der Waals surface area contributed by atoms with Gasteiger partial charge in [0.05, 0.1) is 36.2 Å². The molecule has 0 saturated heterocycles. The van der Waals surface area contributed by atoms with Gasteiger partial charge in [0.15, 0.2) is 0 Å². The van der Waals surface area contributed by atoms with Gasteiger partial charge in [0.2, 0.25) is 5.88 Å². The first-order valence-corrected chi connectivity index (χ1v) is 6.88. The first kappa shape index (κ1) is 13.8. The highest BCUT2D eigenvalue weighted by Gasteiger charge is 2.01. The van der Waals surface area contributed by atoms with Crippen molar-refractivity contribution in [2.75, 3.05) is 25.6 Å². The Morgan fingerprint density at radius 2 is 2.16 bits per heavy atom. The van der Waals surface area contributed by atoms with Gasteiger partial charge in [0, 0.05) is 18.1 Å². The van der Waals surface area contributed by atoms with Gasteiger partial charge in [0.1, 0.15) is 6.61 Å². The first-order chi connectivity index (χ1) is 9.29. The van der Waals surface area contributed by atoms with E-state index in [0.717, 1.165) is 17.9 Å². The molecule has 2 aromatic heterocycles. The van der Waals surface area contributed by atoms with Crippen LogP contribution in [0.25, 0.3) is 0 Å². The van der Waals surface area contributed by atoms with E-state index in [1.54, 1.807) is 24.6 Å². The number of hydrogen-bond donors (Lipinski definition) is 1. The zero-order valence-electron chi connectivity index (χ0n) is 11.0. The van der Waals surface area contributed by atoms with Gasteiger partial charge in [-0.05, 0) is 13.0 Å². The Morgan fingerprint density at radius 3 is 2.79 bits per heavy atom. The maximum Gasteiger partial charge on any atom is 0.213 e. The highest BCUT2D eigenvalue weighted by Crippen LogP contribution is 2.16. The number of rotatable bonds is 7. The Bertz CT molecular complexity index is 499. The number of aromatic nitrogens is 2. The molecule has 1 N–H and O–H groups in total. The summed E-state index contributed by atoms with van der Waals surface area (Å²) in [5, 5.41) is 3.31. The largest absolute Gasteiger partial charge is 0.475 e. The lowest BCUT2D eigenvalue weighted by Crippen LogP contribution is -2.05. The molecular weight excluding hydrogens is 262 g/mol. The lowest BCUT2D eigenvalue weighted by Gasteiger charge is -2.07. The highest BCUT2D eigenvalue weighted by molar-refractivity contribution is 7.09. The van der Waals surface area contributed by atoms with Crippen LogP contribution in [-0.2, 0) is 11.3 Å².